The van der Waals surface area contributed by atoms with Crippen LogP contribution >= 0.6 is 0 Å². The van der Waals surface area contributed by atoms with E-state index in [1.165, 1.54) is 6.08 Å². The lowest BCUT2D eigenvalue weighted by molar-refractivity contribution is -0.160. The molecule has 0 amide bonds. The topological polar surface area (TPSA) is 97.4 Å². The second kappa shape index (κ2) is 13.5. The monoisotopic (exact) mass is 554 g/mol. The minimum Gasteiger partial charge on any atom is -0.490 e. The van der Waals surface area contributed by atoms with E-state index in [9.17, 15) is 14.4 Å². The first-order valence-electron chi connectivity index (χ1n) is 13.2. The van der Waals surface area contributed by atoms with E-state index < -0.39 is 10.8 Å². The summed E-state index contributed by atoms with van der Waals surface area (Å²) in [5, 5.41) is 0. The number of carbonyl (C=O) groups excluding carboxylic acids is 3. The summed E-state index contributed by atoms with van der Waals surface area (Å²) in [5.74, 6) is 0.693. The van der Waals surface area contributed by atoms with Crippen molar-refractivity contribution in [2.75, 3.05) is 13.6 Å². The number of hydrogen-bond donors (Lipinski definition) is 0. The van der Waals surface area contributed by atoms with E-state index in [0.717, 1.165) is 16.7 Å². The fourth-order valence-corrected chi connectivity index (χ4v) is 3.42. The first-order chi connectivity index (χ1) is 18.5. The maximum absolute atomic E-state index is 12.9. The van der Waals surface area contributed by atoms with Crippen LogP contribution in [0.25, 0.3) is 6.08 Å². The molecule has 2 aromatic rings. The summed E-state index contributed by atoms with van der Waals surface area (Å²) in [4.78, 5) is 36.8. The minimum absolute atomic E-state index is 0.119. The predicted octanol–water partition coefficient (Wildman–Crippen LogP) is 6.84. The zero-order valence-corrected chi connectivity index (χ0v) is 25.3. The zero-order chi connectivity index (χ0) is 30.3. The van der Waals surface area contributed by atoms with Gasteiger partial charge in [-0.3, -0.25) is 14.4 Å². The lowest BCUT2D eigenvalue weighted by atomic mass is 9.97. The van der Waals surface area contributed by atoms with Gasteiger partial charge in [-0.05, 0) is 117 Å². The minimum atomic E-state index is -0.630. The lowest BCUT2D eigenvalue weighted by Gasteiger charge is -2.21. The third kappa shape index (κ3) is 9.43. The second-order valence-corrected chi connectivity index (χ2v) is 11.8. The van der Waals surface area contributed by atoms with Gasteiger partial charge in [-0.25, -0.2) is 0 Å². The standard InChI is InChI=1S/C32H42O8/c1-20(2)40-28-22(4)27(37-19-39-30(35)32(8,9)10)21(3)17-24(28)13-16-26(33)23-11-14-25(15-12-23)36-18-38-29(34)31(5,6)7/h11-17,20H,18-19H2,1-10H3. The molecule has 0 spiro atoms. The van der Waals surface area contributed by atoms with Gasteiger partial charge in [0.05, 0.1) is 16.9 Å². The van der Waals surface area contributed by atoms with Gasteiger partial charge in [0.25, 0.3) is 0 Å². The summed E-state index contributed by atoms with van der Waals surface area (Å²) in [5.41, 5.74) is 1.49. The normalized spacial score (nSPS) is 11.9. The first-order valence-corrected chi connectivity index (χ1v) is 13.2. The average molecular weight is 555 g/mol. The van der Waals surface area contributed by atoms with E-state index in [1.54, 1.807) is 71.9 Å². The molecule has 0 N–H and O–H groups in total. The van der Waals surface area contributed by atoms with Crippen molar-refractivity contribution in [2.24, 2.45) is 10.8 Å². The molecular weight excluding hydrogens is 512 g/mol. The molecule has 0 atom stereocenters. The van der Waals surface area contributed by atoms with Gasteiger partial charge in [-0.15, -0.1) is 0 Å². The molecule has 0 aliphatic carbocycles. The van der Waals surface area contributed by atoms with E-state index in [1.807, 2.05) is 33.8 Å². The Kier molecular flexibility index (Phi) is 10.9. The van der Waals surface area contributed by atoms with E-state index in [4.69, 9.17) is 23.7 Å². The molecule has 0 aliphatic heterocycles. The van der Waals surface area contributed by atoms with Crippen LogP contribution in [-0.2, 0) is 19.1 Å². The zero-order valence-electron chi connectivity index (χ0n) is 25.3. The quantitative estimate of drug-likeness (QED) is 0.129. The molecule has 0 radical (unpaired) electrons. The van der Waals surface area contributed by atoms with Crippen molar-refractivity contribution in [3.8, 4) is 17.2 Å². The van der Waals surface area contributed by atoms with Crippen LogP contribution in [-0.4, -0.2) is 37.4 Å². The number of rotatable bonds is 11. The van der Waals surface area contributed by atoms with Crippen molar-refractivity contribution in [1.82, 2.24) is 0 Å². The third-order valence-corrected chi connectivity index (χ3v) is 5.61. The molecule has 40 heavy (non-hydrogen) atoms. The smallest absolute Gasteiger partial charge is 0.314 e. The van der Waals surface area contributed by atoms with E-state index in [0.29, 0.717) is 22.8 Å². The van der Waals surface area contributed by atoms with Crippen molar-refractivity contribution in [2.45, 2.75) is 75.3 Å². The van der Waals surface area contributed by atoms with E-state index in [-0.39, 0.29) is 37.4 Å². The predicted molar refractivity (Wildman–Crippen MR) is 154 cm³/mol. The molecule has 2 aromatic carbocycles. The summed E-state index contributed by atoms with van der Waals surface area (Å²) in [6.45, 7) is 17.8. The van der Waals surface area contributed by atoms with Crippen molar-refractivity contribution in [3.05, 3.63) is 58.7 Å². The molecule has 8 heteroatoms. The van der Waals surface area contributed by atoms with Crippen molar-refractivity contribution >= 4 is 23.8 Å². The Bertz CT molecular complexity index is 1230. The highest BCUT2D eigenvalue weighted by atomic mass is 16.7. The molecule has 0 saturated carbocycles. The Hall–Kier alpha value is -3.81. The number of ether oxygens (including phenoxy) is 5. The fraction of sp³-hybridized carbons (Fsp3) is 0.469. The molecule has 218 valence electrons. The highest BCUT2D eigenvalue weighted by Crippen LogP contribution is 2.36. The van der Waals surface area contributed by atoms with Crippen LogP contribution in [0.15, 0.2) is 36.4 Å². The number of aryl methyl sites for hydroxylation is 1. The van der Waals surface area contributed by atoms with Crippen LogP contribution in [0.2, 0.25) is 0 Å². The Morgan fingerprint density at radius 2 is 1.32 bits per heavy atom. The number of esters is 2. The van der Waals surface area contributed by atoms with Crippen LogP contribution in [0.4, 0.5) is 0 Å². The molecule has 0 aliphatic rings. The molecule has 0 aromatic heterocycles. The molecular formula is C32H42O8. The van der Waals surface area contributed by atoms with Crippen LogP contribution in [0, 0.1) is 24.7 Å². The molecule has 0 bridgehead atoms. The number of allylic oxidation sites excluding steroid dienone is 1. The Morgan fingerprint density at radius 1 is 0.800 bits per heavy atom. The van der Waals surface area contributed by atoms with Crippen LogP contribution in [0.5, 0.6) is 17.2 Å². The molecule has 0 saturated heterocycles. The fourth-order valence-electron chi connectivity index (χ4n) is 3.42. The highest BCUT2D eigenvalue weighted by Gasteiger charge is 2.24. The van der Waals surface area contributed by atoms with Gasteiger partial charge in [0, 0.05) is 16.7 Å². The lowest BCUT2D eigenvalue weighted by Crippen LogP contribution is -2.24. The summed E-state index contributed by atoms with van der Waals surface area (Å²) in [7, 11) is 0. The summed E-state index contributed by atoms with van der Waals surface area (Å²) in [6, 6.07) is 8.44. The summed E-state index contributed by atoms with van der Waals surface area (Å²) in [6.07, 6.45) is 3.07. The summed E-state index contributed by atoms with van der Waals surface area (Å²) < 4.78 is 27.7. The Balaban J connectivity index is 2.15. The second-order valence-electron chi connectivity index (χ2n) is 11.8. The van der Waals surface area contributed by atoms with Gasteiger partial charge in [0.1, 0.15) is 17.2 Å². The van der Waals surface area contributed by atoms with Crippen LogP contribution in [0.1, 0.15) is 82.4 Å². The molecule has 0 unspecified atom stereocenters. The maximum atomic E-state index is 12.9. The van der Waals surface area contributed by atoms with Crippen LogP contribution < -0.4 is 14.2 Å². The van der Waals surface area contributed by atoms with Gasteiger partial charge in [-0.2, -0.15) is 0 Å². The maximum Gasteiger partial charge on any atom is 0.314 e. The molecule has 2 rings (SSSR count). The number of carbonyl (C=O) groups is 3. The Labute approximate surface area is 237 Å². The summed E-state index contributed by atoms with van der Waals surface area (Å²) >= 11 is 0. The van der Waals surface area contributed by atoms with E-state index in [2.05, 4.69) is 0 Å². The van der Waals surface area contributed by atoms with Gasteiger partial charge in [0.2, 0.25) is 13.6 Å². The Morgan fingerprint density at radius 3 is 1.82 bits per heavy atom. The van der Waals surface area contributed by atoms with Crippen molar-refractivity contribution in [3.63, 3.8) is 0 Å². The van der Waals surface area contributed by atoms with Gasteiger partial charge >= 0.3 is 11.9 Å². The molecule has 0 fully saturated rings. The van der Waals surface area contributed by atoms with Gasteiger partial charge in [-0.1, -0.05) is 0 Å². The first kappa shape index (κ1) is 32.4. The molecule has 8 nitrogen and oxygen atoms in total. The van der Waals surface area contributed by atoms with Crippen molar-refractivity contribution < 1.29 is 38.1 Å². The SMILES string of the molecule is Cc1cc(C=CC(=O)c2ccc(OCOC(=O)C(C)(C)C)cc2)c(OC(C)C)c(C)c1OCOC(=O)C(C)(C)C. The number of ketones is 1. The van der Waals surface area contributed by atoms with Crippen LogP contribution in [0.3, 0.4) is 0 Å². The van der Waals surface area contributed by atoms with Gasteiger partial charge < -0.3 is 23.7 Å². The highest BCUT2D eigenvalue weighted by molar-refractivity contribution is 6.07. The largest absolute Gasteiger partial charge is 0.490 e. The average Bonchev–Trinajstić information content (AvgIpc) is 2.85. The van der Waals surface area contributed by atoms with Gasteiger partial charge in [0.15, 0.2) is 5.78 Å². The third-order valence-electron chi connectivity index (χ3n) is 5.61. The van der Waals surface area contributed by atoms with Crippen molar-refractivity contribution in [1.29, 1.82) is 0 Å². The number of hydrogen-bond acceptors (Lipinski definition) is 8. The van der Waals surface area contributed by atoms with E-state index >= 15 is 0 Å². The molecule has 0 heterocycles. The number of benzene rings is 2.